The van der Waals surface area contributed by atoms with Crippen molar-refractivity contribution in [1.82, 2.24) is 14.9 Å². The highest BCUT2D eigenvalue weighted by Gasteiger charge is 2.16. The largest absolute Gasteiger partial charge is 0.340 e. The quantitative estimate of drug-likeness (QED) is 0.752. The summed E-state index contributed by atoms with van der Waals surface area (Å²) in [6.07, 6.45) is 8.95. The molecule has 0 amide bonds. The van der Waals surface area contributed by atoms with Crippen LogP contribution in [-0.4, -0.2) is 16.1 Å². The summed E-state index contributed by atoms with van der Waals surface area (Å²) in [6, 6.07) is 0.415. The molecule has 2 atom stereocenters. The van der Waals surface area contributed by atoms with Gasteiger partial charge in [-0.3, -0.25) is 0 Å². The van der Waals surface area contributed by atoms with E-state index in [1.807, 2.05) is 17.9 Å². The zero-order chi connectivity index (χ0) is 12.7. The molecule has 0 radical (unpaired) electrons. The van der Waals surface area contributed by atoms with Crippen LogP contribution in [0, 0.1) is 5.92 Å². The molecule has 0 saturated heterocycles. The normalized spacial score (nSPS) is 14.8. The van der Waals surface area contributed by atoms with Crippen LogP contribution in [0.25, 0.3) is 0 Å². The van der Waals surface area contributed by atoms with Gasteiger partial charge in [0.05, 0.1) is 18.1 Å². The van der Waals surface area contributed by atoms with E-state index in [2.05, 4.69) is 37.3 Å². The van der Waals surface area contributed by atoms with Crippen molar-refractivity contribution in [3.63, 3.8) is 0 Å². The smallest absolute Gasteiger partial charge is 0.0947 e. The molecule has 1 rings (SSSR count). The molecule has 0 bridgehead atoms. The number of nitrogens with one attached hydrogen (secondary N) is 1. The Balaban J connectivity index is 2.60. The van der Waals surface area contributed by atoms with E-state index in [1.54, 1.807) is 0 Å². The number of imidazole rings is 1. The van der Waals surface area contributed by atoms with E-state index < -0.39 is 0 Å². The molecule has 0 aromatic carbocycles. The Hall–Kier alpha value is -0.830. The van der Waals surface area contributed by atoms with Crippen molar-refractivity contribution in [3.05, 3.63) is 18.2 Å². The van der Waals surface area contributed by atoms with Crippen molar-refractivity contribution in [1.29, 1.82) is 0 Å². The summed E-state index contributed by atoms with van der Waals surface area (Å²) in [7, 11) is 2.03. The summed E-state index contributed by atoms with van der Waals surface area (Å²) in [6.45, 7) is 7.87. The fraction of sp³-hybridized carbons (Fsp3) is 0.786. The second-order valence-corrected chi connectivity index (χ2v) is 5.10. The highest BCUT2D eigenvalue weighted by atomic mass is 15.0. The summed E-state index contributed by atoms with van der Waals surface area (Å²) in [5.74, 6) is 0.761. The Kier molecular flexibility index (Phi) is 6.27. The molecule has 17 heavy (non-hydrogen) atoms. The minimum Gasteiger partial charge on any atom is -0.340 e. The third-order valence-electron chi connectivity index (χ3n) is 3.14. The van der Waals surface area contributed by atoms with Crippen LogP contribution in [0.5, 0.6) is 0 Å². The molecule has 1 aromatic heterocycles. The Morgan fingerprint density at radius 2 is 2.12 bits per heavy atom. The molecule has 1 aromatic rings. The van der Waals surface area contributed by atoms with Crippen molar-refractivity contribution in [2.45, 2.75) is 52.5 Å². The third-order valence-corrected chi connectivity index (χ3v) is 3.14. The van der Waals surface area contributed by atoms with Crippen molar-refractivity contribution in [2.24, 2.45) is 13.0 Å². The number of hydrogen-bond donors (Lipinski definition) is 1. The summed E-state index contributed by atoms with van der Waals surface area (Å²) >= 11 is 0. The number of hydrogen-bond acceptors (Lipinski definition) is 2. The van der Waals surface area contributed by atoms with Gasteiger partial charge in [-0.05, 0) is 25.3 Å². The zero-order valence-corrected chi connectivity index (χ0v) is 11.7. The van der Waals surface area contributed by atoms with Crippen molar-refractivity contribution in [2.75, 3.05) is 6.54 Å². The molecule has 0 aliphatic rings. The van der Waals surface area contributed by atoms with Gasteiger partial charge in [-0.2, -0.15) is 0 Å². The van der Waals surface area contributed by atoms with Gasteiger partial charge in [0.25, 0.3) is 0 Å². The van der Waals surface area contributed by atoms with Crippen LogP contribution in [0.4, 0.5) is 0 Å². The van der Waals surface area contributed by atoms with Gasteiger partial charge in [-0.25, -0.2) is 4.98 Å². The summed E-state index contributed by atoms with van der Waals surface area (Å²) < 4.78 is 2.03. The highest BCUT2D eigenvalue weighted by molar-refractivity contribution is 5.03. The Bertz CT molecular complexity index is 306. The van der Waals surface area contributed by atoms with E-state index >= 15 is 0 Å². The van der Waals surface area contributed by atoms with Gasteiger partial charge < -0.3 is 9.88 Å². The van der Waals surface area contributed by atoms with Gasteiger partial charge in [0.2, 0.25) is 0 Å². The molecule has 2 unspecified atom stereocenters. The Morgan fingerprint density at radius 3 is 2.65 bits per heavy atom. The van der Waals surface area contributed by atoms with Gasteiger partial charge in [0.1, 0.15) is 0 Å². The third kappa shape index (κ3) is 4.90. The predicted octanol–water partition coefficient (Wildman–Crippen LogP) is 3.29. The van der Waals surface area contributed by atoms with Gasteiger partial charge in [-0.1, -0.05) is 33.6 Å². The van der Waals surface area contributed by atoms with Crippen LogP contribution in [0.3, 0.4) is 0 Å². The molecule has 98 valence electrons. The molecule has 1 N–H and O–H groups in total. The Labute approximate surface area is 106 Å². The number of rotatable bonds is 8. The predicted molar refractivity (Wildman–Crippen MR) is 72.9 cm³/mol. The summed E-state index contributed by atoms with van der Waals surface area (Å²) in [5.41, 5.74) is 1.18. The van der Waals surface area contributed by atoms with Crippen molar-refractivity contribution in [3.8, 4) is 0 Å². The summed E-state index contributed by atoms with van der Waals surface area (Å²) in [5, 5.41) is 3.61. The van der Waals surface area contributed by atoms with Crippen LogP contribution >= 0.6 is 0 Å². The van der Waals surface area contributed by atoms with E-state index in [9.17, 15) is 0 Å². The van der Waals surface area contributed by atoms with Crippen LogP contribution < -0.4 is 5.32 Å². The molecule has 3 heteroatoms. The van der Waals surface area contributed by atoms with Crippen molar-refractivity contribution >= 4 is 0 Å². The van der Waals surface area contributed by atoms with Crippen LogP contribution in [-0.2, 0) is 7.05 Å². The van der Waals surface area contributed by atoms with E-state index in [0.717, 1.165) is 12.5 Å². The molecule has 0 aliphatic carbocycles. The maximum absolute atomic E-state index is 4.48. The second-order valence-electron chi connectivity index (χ2n) is 5.10. The van der Waals surface area contributed by atoms with Crippen LogP contribution in [0.15, 0.2) is 12.5 Å². The Morgan fingerprint density at radius 1 is 1.35 bits per heavy atom. The first-order valence-electron chi connectivity index (χ1n) is 6.88. The molecule has 0 fully saturated rings. The molecule has 0 spiro atoms. The lowest BCUT2D eigenvalue weighted by Gasteiger charge is -2.20. The number of nitrogens with zero attached hydrogens (tertiary/aromatic N) is 2. The average molecular weight is 237 g/mol. The zero-order valence-electron chi connectivity index (χ0n) is 11.7. The fourth-order valence-corrected chi connectivity index (χ4v) is 2.25. The van der Waals surface area contributed by atoms with Gasteiger partial charge >= 0.3 is 0 Å². The second kappa shape index (κ2) is 7.49. The van der Waals surface area contributed by atoms with E-state index in [0.29, 0.717) is 6.04 Å². The van der Waals surface area contributed by atoms with Crippen LogP contribution in [0.2, 0.25) is 0 Å². The SMILES string of the molecule is CCCNC(CC(C)CCC)c1cn(C)cn1. The first-order valence-corrected chi connectivity index (χ1v) is 6.88. The van der Waals surface area contributed by atoms with Crippen molar-refractivity contribution < 1.29 is 0 Å². The lowest BCUT2D eigenvalue weighted by molar-refractivity contribution is 0.385. The van der Waals surface area contributed by atoms with Gasteiger partial charge in [0, 0.05) is 13.2 Å². The first-order chi connectivity index (χ1) is 8.17. The molecule has 0 saturated carbocycles. The lowest BCUT2D eigenvalue weighted by atomic mass is 9.95. The minimum atomic E-state index is 0.415. The molecule has 0 aliphatic heterocycles. The maximum atomic E-state index is 4.48. The molecule has 3 nitrogen and oxygen atoms in total. The molecular weight excluding hydrogens is 210 g/mol. The summed E-state index contributed by atoms with van der Waals surface area (Å²) in [4.78, 5) is 4.48. The van der Waals surface area contributed by atoms with E-state index in [-0.39, 0.29) is 0 Å². The van der Waals surface area contributed by atoms with Gasteiger partial charge in [0.15, 0.2) is 0 Å². The molecular formula is C14H27N3. The van der Waals surface area contributed by atoms with E-state index in [1.165, 1.54) is 31.4 Å². The van der Waals surface area contributed by atoms with Crippen LogP contribution in [0.1, 0.15) is 58.2 Å². The number of aromatic nitrogens is 2. The van der Waals surface area contributed by atoms with Gasteiger partial charge in [-0.15, -0.1) is 0 Å². The fourth-order valence-electron chi connectivity index (χ4n) is 2.25. The first kappa shape index (κ1) is 14.2. The lowest BCUT2D eigenvalue weighted by Crippen LogP contribution is -2.24. The topological polar surface area (TPSA) is 29.9 Å². The average Bonchev–Trinajstić information content (AvgIpc) is 2.71. The maximum Gasteiger partial charge on any atom is 0.0947 e. The highest BCUT2D eigenvalue weighted by Crippen LogP contribution is 2.22. The molecule has 1 heterocycles. The minimum absolute atomic E-state index is 0.415. The monoisotopic (exact) mass is 237 g/mol. The van der Waals surface area contributed by atoms with E-state index in [4.69, 9.17) is 0 Å². The number of aryl methyl sites for hydroxylation is 1. The standard InChI is InChI=1S/C14H27N3/c1-5-7-12(3)9-13(15-8-6-2)14-10-17(4)11-16-14/h10-13,15H,5-9H2,1-4H3.